The molecule has 1 N–H and O–H groups in total. The molecule has 1 aromatic rings. The maximum absolute atomic E-state index is 12.4. The maximum atomic E-state index is 12.4. The van der Waals surface area contributed by atoms with Gasteiger partial charge in [-0.25, -0.2) is 9.59 Å². The lowest BCUT2D eigenvalue weighted by atomic mass is 9.84. The lowest BCUT2D eigenvalue weighted by Crippen LogP contribution is -2.37. The molecule has 0 radical (unpaired) electrons. The molecule has 0 bridgehead atoms. The van der Waals surface area contributed by atoms with E-state index in [2.05, 4.69) is 0 Å². The lowest BCUT2D eigenvalue weighted by Gasteiger charge is -2.27. The average molecular weight is 335 g/mol. The Bertz CT molecular complexity index is 654. The number of phenolic OH excluding ortho intramolecular Hbond substituents is 1. The quantitative estimate of drug-likeness (QED) is 0.795. The average Bonchev–Trinajstić information content (AvgIpc) is 2.78. The van der Waals surface area contributed by atoms with Crippen LogP contribution >= 0.6 is 0 Å². The molecule has 1 aromatic carbocycles. The van der Waals surface area contributed by atoms with Gasteiger partial charge in [0.15, 0.2) is 12.8 Å². The number of carbonyl (C=O) groups excluding carboxylic acids is 2. The molecule has 1 atom stereocenters. The molecule has 1 amide bonds. The van der Waals surface area contributed by atoms with Crippen LogP contribution in [0.25, 0.3) is 0 Å². The number of carbonyl (C=O) groups is 2. The van der Waals surface area contributed by atoms with Crippen LogP contribution in [-0.4, -0.2) is 34.4 Å². The fourth-order valence-electron chi connectivity index (χ4n) is 2.53. The summed E-state index contributed by atoms with van der Waals surface area (Å²) in [6, 6.07) is 4.03. The first-order chi connectivity index (χ1) is 10.9. The topological polar surface area (TPSA) is 76.1 Å². The minimum Gasteiger partial charge on any atom is -0.508 e. The van der Waals surface area contributed by atoms with E-state index in [0.29, 0.717) is 11.1 Å². The summed E-state index contributed by atoms with van der Waals surface area (Å²) in [6.45, 7) is 11.0. The highest BCUT2D eigenvalue weighted by Crippen LogP contribution is 2.36. The minimum atomic E-state index is -0.874. The molecule has 6 nitrogen and oxygen atoms in total. The Labute approximate surface area is 142 Å². The Morgan fingerprint density at radius 1 is 1.25 bits per heavy atom. The summed E-state index contributed by atoms with van der Waals surface area (Å²) in [5, 5.41) is 10.1. The Hall–Kier alpha value is -2.24. The molecule has 1 saturated heterocycles. The molecule has 1 aliphatic heterocycles. The van der Waals surface area contributed by atoms with Crippen molar-refractivity contribution >= 4 is 12.1 Å². The van der Waals surface area contributed by atoms with Gasteiger partial charge in [0.2, 0.25) is 0 Å². The molecule has 2 rings (SSSR count). The van der Waals surface area contributed by atoms with E-state index in [1.165, 1.54) is 11.0 Å². The standard InChI is InChI=1S/C18H25NO5/c1-17(2,3)12-9-11(7-8-13(12)20)14-15(21)23-10-19(14)16(22)24-18(4,5)6/h7-9,14,20H,10H2,1-6H3/t14-/m0/s1. The third-order valence-electron chi connectivity index (χ3n) is 3.65. The zero-order chi connectivity index (χ0) is 18.3. The molecule has 132 valence electrons. The second-order valence-electron chi connectivity index (χ2n) is 7.97. The van der Waals surface area contributed by atoms with Crippen LogP contribution in [0.4, 0.5) is 4.79 Å². The summed E-state index contributed by atoms with van der Waals surface area (Å²) in [5.41, 5.74) is 0.313. The Kier molecular flexibility index (Phi) is 4.52. The van der Waals surface area contributed by atoms with Crippen LogP contribution in [0.2, 0.25) is 0 Å². The highest BCUT2D eigenvalue weighted by molar-refractivity contribution is 5.85. The Balaban J connectivity index is 2.38. The SMILES string of the molecule is CC(C)(C)OC(=O)N1COC(=O)[C@@H]1c1ccc(O)c(C(C)(C)C)c1. The van der Waals surface area contributed by atoms with Crippen molar-refractivity contribution in [3.05, 3.63) is 29.3 Å². The van der Waals surface area contributed by atoms with Gasteiger partial charge in [-0.05, 0) is 49.4 Å². The largest absolute Gasteiger partial charge is 0.508 e. The number of ether oxygens (including phenoxy) is 2. The summed E-state index contributed by atoms with van der Waals surface area (Å²) in [6.07, 6.45) is -0.608. The number of benzene rings is 1. The third-order valence-corrected chi connectivity index (χ3v) is 3.65. The molecule has 0 spiro atoms. The van der Waals surface area contributed by atoms with E-state index in [9.17, 15) is 14.7 Å². The van der Waals surface area contributed by atoms with Gasteiger partial charge in [0.05, 0.1) is 0 Å². The molecule has 24 heavy (non-hydrogen) atoms. The van der Waals surface area contributed by atoms with Crippen molar-refractivity contribution in [2.24, 2.45) is 0 Å². The molecule has 0 unspecified atom stereocenters. The van der Waals surface area contributed by atoms with Crippen LogP contribution < -0.4 is 0 Å². The monoisotopic (exact) mass is 335 g/mol. The molecule has 0 aromatic heterocycles. The first-order valence-electron chi connectivity index (χ1n) is 7.90. The van der Waals surface area contributed by atoms with Gasteiger partial charge >= 0.3 is 12.1 Å². The van der Waals surface area contributed by atoms with Crippen LogP contribution in [0, 0.1) is 0 Å². The molecule has 1 aliphatic rings. The first-order valence-corrected chi connectivity index (χ1v) is 7.90. The highest BCUT2D eigenvalue weighted by atomic mass is 16.6. The van der Waals surface area contributed by atoms with E-state index in [0.717, 1.165) is 0 Å². The van der Waals surface area contributed by atoms with Crippen molar-refractivity contribution in [3.63, 3.8) is 0 Å². The first kappa shape index (κ1) is 18.1. The molecular formula is C18H25NO5. The van der Waals surface area contributed by atoms with Gasteiger partial charge in [-0.15, -0.1) is 0 Å². The predicted molar refractivity (Wildman–Crippen MR) is 88.6 cm³/mol. The number of rotatable bonds is 1. The summed E-state index contributed by atoms with van der Waals surface area (Å²) in [7, 11) is 0. The number of cyclic esters (lactones) is 1. The van der Waals surface area contributed by atoms with Crippen molar-refractivity contribution in [3.8, 4) is 5.75 Å². The van der Waals surface area contributed by atoms with Crippen LogP contribution in [0.1, 0.15) is 58.7 Å². The molecule has 6 heteroatoms. The zero-order valence-electron chi connectivity index (χ0n) is 15.0. The number of esters is 1. The smallest absolute Gasteiger partial charge is 0.414 e. The number of amides is 1. The number of nitrogens with zero attached hydrogens (tertiary/aromatic N) is 1. The number of aromatic hydroxyl groups is 1. The van der Waals surface area contributed by atoms with Crippen LogP contribution in [-0.2, 0) is 19.7 Å². The van der Waals surface area contributed by atoms with Crippen molar-refractivity contribution in [1.82, 2.24) is 4.90 Å². The van der Waals surface area contributed by atoms with Gasteiger partial charge in [0.25, 0.3) is 0 Å². The van der Waals surface area contributed by atoms with Crippen LogP contribution in [0.5, 0.6) is 5.75 Å². The highest BCUT2D eigenvalue weighted by Gasteiger charge is 2.41. The van der Waals surface area contributed by atoms with Gasteiger partial charge in [-0.1, -0.05) is 26.8 Å². The molecule has 0 saturated carbocycles. The lowest BCUT2D eigenvalue weighted by molar-refractivity contribution is -0.139. The van der Waals surface area contributed by atoms with E-state index >= 15 is 0 Å². The van der Waals surface area contributed by atoms with E-state index in [1.54, 1.807) is 32.9 Å². The normalized spacial score (nSPS) is 18.5. The number of phenols is 1. The third kappa shape index (κ3) is 3.80. The van der Waals surface area contributed by atoms with E-state index in [4.69, 9.17) is 9.47 Å². The summed E-state index contributed by atoms with van der Waals surface area (Å²) < 4.78 is 10.4. The van der Waals surface area contributed by atoms with Gasteiger partial charge in [0, 0.05) is 0 Å². The predicted octanol–water partition coefficient (Wildman–Crippen LogP) is 3.48. The van der Waals surface area contributed by atoms with Crippen molar-refractivity contribution < 1.29 is 24.2 Å². The summed E-state index contributed by atoms with van der Waals surface area (Å²) >= 11 is 0. The van der Waals surface area contributed by atoms with Crippen LogP contribution in [0.15, 0.2) is 18.2 Å². The van der Waals surface area contributed by atoms with Gasteiger partial charge in [0.1, 0.15) is 11.4 Å². The minimum absolute atomic E-state index is 0.149. The van der Waals surface area contributed by atoms with E-state index in [-0.39, 0.29) is 17.9 Å². The van der Waals surface area contributed by atoms with E-state index in [1.807, 2.05) is 20.8 Å². The Morgan fingerprint density at radius 3 is 2.42 bits per heavy atom. The summed E-state index contributed by atoms with van der Waals surface area (Å²) in [5.74, 6) is -0.354. The van der Waals surface area contributed by atoms with Gasteiger partial charge < -0.3 is 14.6 Å². The van der Waals surface area contributed by atoms with Crippen LogP contribution in [0.3, 0.4) is 0 Å². The van der Waals surface area contributed by atoms with E-state index < -0.39 is 23.7 Å². The maximum Gasteiger partial charge on any atom is 0.414 e. The van der Waals surface area contributed by atoms with Crippen molar-refractivity contribution in [1.29, 1.82) is 0 Å². The Morgan fingerprint density at radius 2 is 1.88 bits per heavy atom. The fourth-order valence-corrected chi connectivity index (χ4v) is 2.53. The van der Waals surface area contributed by atoms with Crippen molar-refractivity contribution in [2.45, 2.75) is 58.6 Å². The fraction of sp³-hybridized carbons (Fsp3) is 0.556. The summed E-state index contributed by atoms with van der Waals surface area (Å²) in [4.78, 5) is 25.8. The van der Waals surface area contributed by atoms with Gasteiger partial charge in [-0.3, -0.25) is 4.90 Å². The van der Waals surface area contributed by atoms with Crippen molar-refractivity contribution in [2.75, 3.05) is 6.73 Å². The molecule has 0 aliphatic carbocycles. The second-order valence-corrected chi connectivity index (χ2v) is 7.97. The molecule has 1 heterocycles. The number of hydrogen-bond donors (Lipinski definition) is 1. The second kappa shape index (κ2) is 6.00. The number of hydrogen-bond acceptors (Lipinski definition) is 5. The molecule has 1 fully saturated rings. The molecular weight excluding hydrogens is 310 g/mol. The zero-order valence-corrected chi connectivity index (χ0v) is 15.0. The van der Waals surface area contributed by atoms with Gasteiger partial charge in [-0.2, -0.15) is 0 Å².